The summed E-state index contributed by atoms with van der Waals surface area (Å²) in [5.74, 6) is -0.266. The standard InChI is InChI=1S/C22H32N2O5/c1-15-16(3-4-17-18(15)13-28-21(17)26)19(25)12-24-9-6-22(7-10-24)5-8-23-11-20(22)29-14-27-2/h3-4,19-20,23,25H,5-14H2,1-2H3/t19-,20?/m0/s1. The van der Waals surface area contributed by atoms with Gasteiger partial charge in [-0.3, -0.25) is 0 Å². The maximum absolute atomic E-state index is 11.7. The number of nitrogens with zero attached hydrogens (tertiary/aromatic N) is 1. The zero-order valence-electron chi connectivity index (χ0n) is 17.4. The van der Waals surface area contributed by atoms with Crippen molar-refractivity contribution in [3.8, 4) is 0 Å². The van der Waals surface area contributed by atoms with Crippen LogP contribution in [0.1, 0.15) is 52.4 Å². The zero-order valence-corrected chi connectivity index (χ0v) is 17.4. The second-order valence-corrected chi connectivity index (χ2v) is 8.58. The van der Waals surface area contributed by atoms with Gasteiger partial charge in [0.2, 0.25) is 0 Å². The average Bonchev–Trinajstić information content (AvgIpc) is 3.11. The summed E-state index contributed by atoms with van der Waals surface area (Å²) in [5, 5.41) is 14.3. The number of nitrogens with one attached hydrogen (secondary N) is 1. The van der Waals surface area contributed by atoms with Crippen molar-refractivity contribution in [2.75, 3.05) is 46.6 Å². The van der Waals surface area contributed by atoms with E-state index in [2.05, 4.69) is 10.2 Å². The largest absolute Gasteiger partial charge is 0.457 e. The van der Waals surface area contributed by atoms with E-state index in [0.29, 0.717) is 25.5 Å². The van der Waals surface area contributed by atoms with Gasteiger partial charge in [0.05, 0.1) is 17.8 Å². The Morgan fingerprint density at radius 2 is 2.14 bits per heavy atom. The summed E-state index contributed by atoms with van der Waals surface area (Å²) in [4.78, 5) is 14.1. The Labute approximate surface area is 172 Å². The van der Waals surface area contributed by atoms with Crippen LogP contribution in [0.4, 0.5) is 0 Å². The summed E-state index contributed by atoms with van der Waals surface area (Å²) < 4.78 is 16.2. The molecule has 2 fully saturated rings. The smallest absolute Gasteiger partial charge is 0.338 e. The fourth-order valence-corrected chi connectivity index (χ4v) is 5.16. The van der Waals surface area contributed by atoms with Crippen molar-refractivity contribution >= 4 is 5.97 Å². The van der Waals surface area contributed by atoms with E-state index in [-0.39, 0.29) is 17.5 Å². The quantitative estimate of drug-likeness (QED) is 0.552. The van der Waals surface area contributed by atoms with Gasteiger partial charge in [0.15, 0.2) is 0 Å². The van der Waals surface area contributed by atoms with Gasteiger partial charge in [-0.1, -0.05) is 6.07 Å². The Morgan fingerprint density at radius 3 is 2.90 bits per heavy atom. The Morgan fingerprint density at radius 1 is 1.34 bits per heavy atom. The second-order valence-electron chi connectivity index (χ2n) is 8.58. The van der Waals surface area contributed by atoms with Crippen molar-refractivity contribution < 1.29 is 24.1 Å². The van der Waals surface area contributed by atoms with Crippen LogP contribution in [0.3, 0.4) is 0 Å². The molecule has 29 heavy (non-hydrogen) atoms. The highest BCUT2D eigenvalue weighted by atomic mass is 16.7. The summed E-state index contributed by atoms with van der Waals surface area (Å²) in [6.07, 6.45) is 2.87. The number of aliphatic hydroxyl groups is 1. The molecule has 1 aromatic carbocycles. The van der Waals surface area contributed by atoms with Crippen molar-refractivity contribution in [1.29, 1.82) is 0 Å². The van der Waals surface area contributed by atoms with E-state index in [1.165, 1.54) is 0 Å². The maximum Gasteiger partial charge on any atom is 0.338 e. The molecule has 0 radical (unpaired) electrons. The number of piperidine rings is 2. The molecule has 0 bridgehead atoms. The number of aliphatic hydroxyl groups excluding tert-OH is 1. The number of methoxy groups -OCH3 is 1. The van der Waals surface area contributed by atoms with Gasteiger partial charge in [-0.15, -0.1) is 0 Å². The Kier molecular flexibility index (Phi) is 6.22. The topological polar surface area (TPSA) is 80.3 Å². The molecule has 160 valence electrons. The summed E-state index contributed by atoms with van der Waals surface area (Å²) in [7, 11) is 1.66. The van der Waals surface area contributed by atoms with Crippen LogP contribution in [0.2, 0.25) is 0 Å². The molecule has 0 aromatic heterocycles. The predicted octanol–water partition coefficient (Wildman–Crippen LogP) is 1.76. The Bertz CT molecular complexity index is 745. The van der Waals surface area contributed by atoms with Crippen LogP contribution in [0, 0.1) is 12.3 Å². The molecule has 3 heterocycles. The van der Waals surface area contributed by atoms with E-state index in [9.17, 15) is 9.90 Å². The lowest BCUT2D eigenvalue weighted by atomic mass is 9.69. The summed E-state index contributed by atoms with van der Waals surface area (Å²) in [5.41, 5.74) is 3.61. The first-order chi connectivity index (χ1) is 14.0. The van der Waals surface area contributed by atoms with E-state index < -0.39 is 6.10 Å². The fraction of sp³-hybridized carbons (Fsp3) is 0.682. The van der Waals surface area contributed by atoms with Crippen molar-refractivity contribution in [3.05, 3.63) is 34.4 Å². The van der Waals surface area contributed by atoms with Gasteiger partial charge < -0.3 is 29.5 Å². The molecule has 7 nitrogen and oxygen atoms in total. The van der Waals surface area contributed by atoms with Gasteiger partial charge >= 0.3 is 5.97 Å². The summed E-state index contributed by atoms with van der Waals surface area (Å²) in [6.45, 7) is 7.03. The molecule has 0 saturated carbocycles. The molecule has 2 atom stereocenters. The maximum atomic E-state index is 11.7. The molecule has 1 unspecified atom stereocenters. The first-order valence-electron chi connectivity index (χ1n) is 10.6. The lowest BCUT2D eigenvalue weighted by Crippen LogP contribution is -2.55. The number of hydrogen-bond acceptors (Lipinski definition) is 7. The Hall–Kier alpha value is -1.51. The molecular formula is C22H32N2O5. The van der Waals surface area contributed by atoms with E-state index in [1.54, 1.807) is 13.2 Å². The number of hydrogen-bond donors (Lipinski definition) is 2. The monoisotopic (exact) mass is 404 g/mol. The average molecular weight is 405 g/mol. The van der Waals surface area contributed by atoms with E-state index in [4.69, 9.17) is 14.2 Å². The number of cyclic esters (lactones) is 1. The highest BCUT2D eigenvalue weighted by Gasteiger charge is 2.44. The number of β-amino-alcohol motifs (C(OH)–C–C–N with tert-alkyl or cyclic N) is 1. The van der Waals surface area contributed by atoms with Gasteiger partial charge in [0.25, 0.3) is 0 Å². The number of carbonyl (C=O) groups excluding carboxylic acids is 1. The minimum Gasteiger partial charge on any atom is -0.457 e. The summed E-state index contributed by atoms with van der Waals surface area (Å²) in [6, 6.07) is 3.66. The molecule has 3 aliphatic heterocycles. The van der Waals surface area contributed by atoms with Crippen molar-refractivity contribution in [2.24, 2.45) is 5.41 Å². The lowest BCUT2D eigenvalue weighted by Gasteiger charge is -2.49. The predicted molar refractivity (Wildman–Crippen MR) is 108 cm³/mol. The van der Waals surface area contributed by atoms with Crippen LogP contribution in [0.25, 0.3) is 0 Å². The van der Waals surface area contributed by atoms with E-state index in [1.807, 2.05) is 13.0 Å². The molecule has 2 N–H and O–H groups in total. The molecule has 7 heteroatoms. The van der Waals surface area contributed by atoms with Crippen molar-refractivity contribution in [1.82, 2.24) is 10.2 Å². The number of carbonyl (C=O) groups is 1. The van der Waals surface area contributed by atoms with Crippen LogP contribution in [-0.2, 0) is 20.8 Å². The summed E-state index contributed by atoms with van der Waals surface area (Å²) >= 11 is 0. The first kappa shape index (κ1) is 20.8. The highest BCUT2D eigenvalue weighted by Crippen LogP contribution is 2.41. The second kappa shape index (κ2) is 8.70. The number of fused-ring (bicyclic) bond motifs is 1. The molecular weight excluding hydrogens is 372 g/mol. The number of rotatable bonds is 6. The van der Waals surface area contributed by atoms with Gasteiger partial charge in [0, 0.05) is 31.2 Å². The number of ether oxygens (including phenoxy) is 3. The fourth-order valence-electron chi connectivity index (χ4n) is 5.16. The molecule has 0 amide bonds. The van der Waals surface area contributed by atoms with Crippen molar-refractivity contribution in [2.45, 2.75) is 45.0 Å². The number of esters is 1. The lowest BCUT2D eigenvalue weighted by molar-refractivity contribution is -0.142. The molecule has 4 rings (SSSR count). The van der Waals surface area contributed by atoms with Gasteiger partial charge in [-0.05, 0) is 63.0 Å². The molecule has 1 aromatic rings. The van der Waals surface area contributed by atoms with E-state index >= 15 is 0 Å². The Balaban J connectivity index is 1.38. The molecule has 3 aliphatic rings. The van der Waals surface area contributed by atoms with Gasteiger partial charge in [0.1, 0.15) is 13.4 Å². The zero-order chi connectivity index (χ0) is 20.4. The van der Waals surface area contributed by atoms with Gasteiger partial charge in [-0.2, -0.15) is 0 Å². The molecule has 1 spiro atoms. The minimum absolute atomic E-state index is 0.180. The molecule has 0 aliphatic carbocycles. The van der Waals surface area contributed by atoms with Crippen LogP contribution >= 0.6 is 0 Å². The first-order valence-corrected chi connectivity index (χ1v) is 10.6. The van der Waals surface area contributed by atoms with Gasteiger partial charge in [-0.25, -0.2) is 4.79 Å². The number of likely N-dealkylation sites (tertiary alicyclic amines) is 1. The third-order valence-electron chi connectivity index (χ3n) is 7.05. The highest BCUT2D eigenvalue weighted by molar-refractivity contribution is 5.93. The molecule has 2 saturated heterocycles. The van der Waals surface area contributed by atoms with E-state index in [0.717, 1.165) is 62.1 Å². The normalized spacial score (nSPS) is 25.1. The third-order valence-corrected chi connectivity index (χ3v) is 7.05. The minimum atomic E-state index is -0.571. The van der Waals surface area contributed by atoms with Crippen LogP contribution < -0.4 is 5.32 Å². The van der Waals surface area contributed by atoms with Crippen LogP contribution in [0.5, 0.6) is 0 Å². The third kappa shape index (κ3) is 4.07. The number of benzene rings is 1. The van der Waals surface area contributed by atoms with Crippen LogP contribution in [-0.4, -0.2) is 68.7 Å². The SMILES string of the molecule is COCOC1CNCCC12CCN(C[C@H](O)c1ccc3c(c1C)COC3=O)CC2. The van der Waals surface area contributed by atoms with Crippen LogP contribution in [0.15, 0.2) is 12.1 Å². The van der Waals surface area contributed by atoms with Crippen molar-refractivity contribution in [3.63, 3.8) is 0 Å².